The van der Waals surface area contributed by atoms with E-state index in [0.717, 1.165) is 19.4 Å². The lowest BCUT2D eigenvalue weighted by molar-refractivity contribution is 0.430. The second-order valence-corrected chi connectivity index (χ2v) is 4.67. The predicted octanol–water partition coefficient (Wildman–Crippen LogP) is 2.31. The molecule has 0 aromatic heterocycles. The zero-order chi connectivity index (χ0) is 10.8. The van der Waals surface area contributed by atoms with Crippen molar-refractivity contribution in [1.29, 1.82) is 0 Å². The third-order valence-corrected chi connectivity index (χ3v) is 3.25. The molecule has 2 nitrogen and oxygen atoms in total. The molecule has 1 aromatic rings. The van der Waals surface area contributed by atoms with Crippen molar-refractivity contribution in [2.75, 3.05) is 11.4 Å². The molecule has 1 aliphatic rings. The van der Waals surface area contributed by atoms with Gasteiger partial charge in [-0.2, -0.15) is 0 Å². The first-order chi connectivity index (χ1) is 7.16. The lowest BCUT2D eigenvalue weighted by Gasteiger charge is -2.38. The number of rotatable bonds is 1. The molecular weight excluding hydrogens is 184 g/mol. The van der Waals surface area contributed by atoms with Gasteiger partial charge in [-0.05, 0) is 44.4 Å². The molecule has 0 radical (unpaired) electrons. The third-order valence-electron chi connectivity index (χ3n) is 3.25. The Bertz CT molecular complexity index is 335. The van der Waals surface area contributed by atoms with Crippen LogP contribution < -0.4 is 10.6 Å². The van der Waals surface area contributed by atoms with Gasteiger partial charge in [0.25, 0.3) is 0 Å². The van der Waals surface area contributed by atoms with Crippen LogP contribution in [0.25, 0.3) is 0 Å². The number of nitrogens with zero attached hydrogens (tertiary/aromatic N) is 1. The van der Waals surface area contributed by atoms with E-state index < -0.39 is 0 Å². The van der Waals surface area contributed by atoms with Crippen molar-refractivity contribution in [3.05, 3.63) is 29.8 Å². The molecule has 2 rings (SSSR count). The number of hydrogen-bond acceptors (Lipinski definition) is 2. The van der Waals surface area contributed by atoms with Gasteiger partial charge >= 0.3 is 0 Å². The molecule has 82 valence electrons. The molecule has 0 saturated carbocycles. The molecule has 0 bridgehead atoms. The lowest BCUT2D eigenvalue weighted by Crippen LogP contribution is -2.45. The van der Waals surface area contributed by atoms with E-state index in [4.69, 9.17) is 5.73 Å². The van der Waals surface area contributed by atoms with E-state index in [0.29, 0.717) is 12.1 Å². The quantitative estimate of drug-likeness (QED) is 0.760. The number of piperidine rings is 1. The van der Waals surface area contributed by atoms with Crippen LogP contribution in [0.15, 0.2) is 24.3 Å². The molecule has 2 unspecified atom stereocenters. The Hall–Kier alpha value is -1.02. The van der Waals surface area contributed by atoms with Gasteiger partial charge in [0.2, 0.25) is 0 Å². The molecule has 0 amide bonds. The summed E-state index contributed by atoms with van der Waals surface area (Å²) in [6, 6.07) is 9.68. The largest absolute Gasteiger partial charge is 0.369 e. The number of aryl methyl sites for hydroxylation is 1. The third kappa shape index (κ3) is 2.32. The SMILES string of the molecule is Cc1cccc(N2CCC(N)CC2C)c1. The Morgan fingerprint density at radius 2 is 2.20 bits per heavy atom. The van der Waals surface area contributed by atoms with E-state index in [9.17, 15) is 0 Å². The van der Waals surface area contributed by atoms with Crippen molar-refractivity contribution < 1.29 is 0 Å². The van der Waals surface area contributed by atoms with Gasteiger partial charge in [-0.25, -0.2) is 0 Å². The summed E-state index contributed by atoms with van der Waals surface area (Å²) in [5.74, 6) is 0. The predicted molar refractivity (Wildman–Crippen MR) is 65.2 cm³/mol. The van der Waals surface area contributed by atoms with Gasteiger partial charge in [0.15, 0.2) is 0 Å². The Balaban J connectivity index is 2.17. The van der Waals surface area contributed by atoms with Gasteiger partial charge in [-0.3, -0.25) is 0 Å². The van der Waals surface area contributed by atoms with Gasteiger partial charge in [-0.1, -0.05) is 12.1 Å². The zero-order valence-corrected chi connectivity index (χ0v) is 9.61. The van der Waals surface area contributed by atoms with Crippen LogP contribution in [0.4, 0.5) is 5.69 Å². The van der Waals surface area contributed by atoms with Crippen LogP contribution in [0.2, 0.25) is 0 Å². The molecule has 0 spiro atoms. The molecule has 2 N–H and O–H groups in total. The molecular formula is C13H20N2. The van der Waals surface area contributed by atoms with Crippen molar-refractivity contribution in [2.24, 2.45) is 5.73 Å². The molecule has 1 saturated heterocycles. The van der Waals surface area contributed by atoms with E-state index in [2.05, 4.69) is 43.0 Å². The fraction of sp³-hybridized carbons (Fsp3) is 0.538. The average molecular weight is 204 g/mol. The van der Waals surface area contributed by atoms with Crippen molar-refractivity contribution in [3.8, 4) is 0 Å². The van der Waals surface area contributed by atoms with Crippen molar-refractivity contribution >= 4 is 5.69 Å². The summed E-state index contributed by atoms with van der Waals surface area (Å²) in [4.78, 5) is 2.47. The minimum atomic E-state index is 0.390. The highest BCUT2D eigenvalue weighted by atomic mass is 15.2. The minimum Gasteiger partial charge on any atom is -0.369 e. The van der Waals surface area contributed by atoms with Gasteiger partial charge in [-0.15, -0.1) is 0 Å². The van der Waals surface area contributed by atoms with Gasteiger partial charge < -0.3 is 10.6 Å². The summed E-state index contributed by atoms with van der Waals surface area (Å²) in [6.07, 6.45) is 2.21. The highest BCUT2D eigenvalue weighted by Crippen LogP contribution is 2.24. The molecule has 15 heavy (non-hydrogen) atoms. The Morgan fingerprint density at radius 3 is 2.87 bits per heavy atom. The van der Waals surface area contributed by atoms with Gasteiger partial charge in [0, 0.05) is 24.3 Å². The number of hydrogen-bond donors (Lipinski definition) is 1. The lowest BCUT2D eigenvalue weighted by atomic mass is 9.98. The molecule has 0 aliphatic carbocycles. The van der Waals surface area contributed by atoms with E-state index in [1.54, 1.807) is 0 Å². The summed E-state index contributed by atoms with van der Waals surface area (Å²) < 4.78 is 0. The van der Waals surface area contributed by atoms with Crippen LogP contribution >= 0.6 is 0 Å². The summed E-state index contributed by atoms with van der Waals surface area (Å²) in [5.41, 5.74) is 8.64. The number of nitrogens with two attached hydrogens (primary N) is 1. The Morgan fingerprint density at radius 1 is 1.40 bits per heavy atom. The molecule has 2 heteroatoms. The maximum Gasteiger partial charge on any atom is 0.0371 e. The summed E-state index contributed by atoms with van der Waals surface area (Å²) in [6.45, 7) is 5.50. The number of benzene rings is 1. The van der Waals surface area contributed by atoms with Crippen LogP contribution in [0.5, 0.6) is 0 Å². The molecule has 1 heterocycles. The topological polar surface area (TPSA) is 29.3 Å². The fourth-order valence-corrected chi connectivity index (χ4v) is 2.40. The van der Waals surface area contributed by atoms with E-state index in [-0.39, 0.29) is 0 Å². The first kappa shape index (κ1) is 10.5. The van der Waals surface area contributed by atoms with Crippen LogP contribution in [0, 0.1) is 6.92 Å². The standard InChI is InChI=1S/C13H20N2/c1-10-4-3-5-13(8-10)15-7-6-12(14)9-11(15)2/h3-5,8,11-12H,6-7,9,14H2,1-2H3. The normalized spacial score (nSPS) is 26.7. The van der Waals surface area contributed by atoms with E-state index in [1.807, 2.05) is 0 Å². The highest BCUT2D eigenvalue weighted by Gasteiger charge is 2.22. The van der Waals surface area contributed by atoms with Crippen molar-refractivity contribution in [1.82, 2.24) is 0 Å². The first-order valence-corrected chi connectivity index (χ1v) is 5.75. The molecule has 1 aromatic carbocycles. The summed E-state index contributed by atoms with van der Waals surface area (Å²) in [5, 5.41) is 0. The van der Waals surface area contributed by atoms with Crippen LogP contribution in [0.1, 0.15) is 25.3 Å². The zero-order valence-electron chi connectivity index (χ0n) is 9.61. The molecule has 1 aliphatic heterocycles. The monoisotopic (exact) mass is 204 g/mol. The van der Waals surface area contributed by atoms with E-state index in [1.165, 1.54) is 11.3 Å². The molecule has 1 fully saturated rings. The Kier molecular flexibility index (Phi) is 2.96. The van der Waals surface area contributed by atoms with Crippen molar-refractivity contribution in [3.63, 3.8) is 0 Å². The van der Waals surface area contributed by atoms with Crippen LogP contribution in [0.3, 0.4) is 0 Å². The number of anilines is 1. The van der Waals surface area contributed by atoms with Crippen LogP contribution in [-0.4, -0.2) is 18.6 Å². The summed E-state index contributed by atoms with van der Waals surface area (Å²) >= 11 is 0. The maximum atomic E-state index is 5.97. The smallest absolute Gasteiger partial charge is 0.0371 e. The fourth-order valence-electron chi connectivity index (χ4n) is 2.40. The second-order valence-electron chi connectivity index (χ2n) is 4.67. The van der Waals surface area contributed by atoms with Crippen LogP contribution in [-0.2, 0) is 0 Å². The van der Waals surface area contributed by atoms with E-state index >= 15 is 0 Å². The minimum absolute atomic E-state index is 0.390. The Labute approximate surface area is 92.1 Å². The highest BCUT2D eigenvalue weighted by molar-refractivity contribution is 5.49. The maximum absolute atomic E-state index is 5.97. The molecule has 2 atom stereocenters. The summed E-state index contributed by atoms with van der Waals surface area (Å²) in [7, 11) is 0. The van der Waals surface area contributed by atoms with Gasteiger partial charge in [0.05, 0.1) is 0 Å². The first-order valence-electron chi connectivity index (χ1n) is 5.75. The average Bonchev–Trinajstić information content (AvgIpc) is 2.17. The van der Waals surface area contributed by atoms with Gasteiger partial charge in [0.1, 0.15) is 0 Å². The van der Waals surface area contributed by atoms with Crippen molar-refractivity contribution in [2.45, 2.75) is 38.8 Å². The second kappa shape index (κ2) is 4.23.